The maximum Gasteiger partial charge on any atom is 0.223 e. The Hall–Kier alpha value is -0.390. The molecule has 0 spiro atoms. The van der Waals surface area contributed by atoms with Gasteiger partial charge >= 0.3 is 0 Å². The Labute approximate surface area is 74.7 Å². The van der Waals surface area contributed by atoms with Gasteiger partial charge < -0.3 is 0 Å². The summed E-state index contributed by atoms with van der Waals surface area (Å²) in [7, 11) is -3.98. The zero-order valence-electron chi connectivity index (χ0n) is 5.94. The number of rotatable bonds is 1. The number of alkyl halides is 2. The second kappa shape index (κ2) is 2.83. The van der Waals surface area contributed by atoms with E-state index in [4.69, 9.17) is 16.7 Å². The third-order valence-corrected chi connectivity index (χ3v) is 3.15. The summed E-state index contributed by atoms with van der Waals surface area (Å²) in [5.41, 5.74) is 0. The van der Waals surface area contributed by atoms with E-state index in [1.165, 1.54) is 12.2 Å². The van der Waals surface area contributed by atoms with Crippen LogP contribution in [0.25, 0.3) is 0 Å². The molecule has 1 aliphatic carbocycles. The quantitative estimate of drug-likeness (QED) is 0.649. The van der Waals surface area contributed by atoms with Gasteiger partial charge in [0, 0.05) is 0 Å². The highest BCUT2D eigenvalue weighted by atomic mass is 35.5. The zero-order valence-corrected chi connectivity index (χ0v) is 7.52. The van der Waals surface area contributed by atoms with Crippen molar-refractivity contribution >= 4 is 21.6 Å². The van der Waals surface area contributed by atoms with Crippen LogP contribution in [-0.2, 0) is 10.0 Å². The molecule has 68 valence electrons. The van der Waals surface area contributed by atoms with Crippen molar-refractivity contribution in [2.45, 2.75) is 10.4 Å². The van der Waals surface area contributed by atoms with Gasteiger partial charge in [-0.05, 0) is 6.08 Å². The van der Waals surface area contributed by atoms with E-state index in [1.807, 2.05) is 0 Å². The third-order valence-electron chi connectivity index (χ3n) is 1.45. The van der Waals surface area contributed by atoms with Crippen molar-refractivity contribution < 1.29 is 12.8 Å². The predicted octanol–water partition coefficient (Wildman–Crippen LogP) is 0.674. The number of hydrogen-bond donors (Lipinski definition) is 1. The Kier molecular flexibility index (Phi) is 2.29. The van der Waals surface area contributed by atoms with Crippen LogP contribution in [-0.4, -0.2) is 18.8 Å². The highest BCUT2D eigenvalue weighted by Crippen LogP contribution is 2.31. The van der Waals surface area contributed by atoms with E-state index >= 15 is 0 Å². The van der Waals surface area contributed by atoms with Crippen LogP contribution in [0.4, 0.5) is 4.39 Å². The maximum atomic E-state index is 13.2. The molecule has 0 saturated carbocycles. The standard InChI is InChI=1S/C6H7ClFNO2S/c7-6(8)4-2-1-3-5(6)12(9,10)11/h1-5H,(H2,9,10,11). The SMILES string of the molecule is NS(=O)(=O)C1C=CC=CC1(F)Cl. The van der Waals surface area contributed by atoms with Crippen molar-refractivity contribution in [2.75, 3.05) is 0 Å². The number of primary sulfonamides is 1. The molecule has 0 heterocycles. The first-order valence-corrected chi connectivity index (χ1v) is 5.08. The molecule has 3 nitrogen and oxygen atoms in total. The molecule has 0 fully saturated rings. The van der Waals surface area contributed by atoms with Crippen LogP contribution in [0.3, 0.4) is 0 Å². The van der Waals surface area contributed by atoms with Gasteiger partial charge in [0.1, 0.15) is 5.25 Å². The molecule has 0 aromatic rings. The lowest BCUT2D eigenvalue weighted by Crippen LogP contribution is -2.41. The molecule has 0 aromatic carbocycles. The smallest absolute Gasteiger partial charge is 0.223 e. The van der Waals surface area contributed by atoms with Gasteiger partial charge in [0.25, 0.3) is 0 Å². The van der Waals surface area contributed by atoms with Gasteiger partial charge in [0.05, 0.1) is 0 Å². The Morgan fingerprint density at radius 3 is 2.42 bits per heavy atom. The van der Waals surface area contributed by atoms with Gasteiger partial charge in [-0.3, -0.25) is 0 Å². The van der Waals surface area contributed by atoms with Gasteiger partial charge in [-0.2, -0.15) is 0 Å². The number of allylic oxidation sites excluding steroid dienone is 3. The third kappa shape index (κ3) is 1.85. The van der Waals surface area contributed by atoms with Crippen LogP contribution < -0.4 is 5.14 Å². The van der Waals surface area contributed by atoms with E-state index in [-0.39, 0.29) is 0 Å². The Morgan fingerprint density at radius 2 is 2.08 bits per heavy atom. The molecule has 2 atom stereocenters. The molecule has 0 bridgehead atoms. The normalized spacial score (nSPS) is 35.4. The number of halogens is 2. The van der Waals surface area contributed by atoms with E-state index in [2.05, 4.69) is 0 Å². The summed E-state index contributed by atoms with van der Waals surface area (Å²) >= 11 is 5.26. The highest BCUT2D eigenvalue weighted by molar-refractivity contribution is 7.90. The van der Waals surface area contributed by atoms with Crippen LogP contribution in [0.15, 0.2) is 24.3 Å². The average Bonchev–Trinajstić information content (AvgIpc) is 1.83. The summed E-state index contributed by atoms with van der Waals surface area (Å²) in [6.45, 7) is 0. The molecule has 0 aromatic heterocycles. The van der Waals surface area contributed by atoms with Crippen LogP contribution in [0.2, 0.25) is 0 Å². The predicted molar refractivity (Wildman–Crippen MR) is 44.9 cm³/mol. The lowest BCUT2D eigenvalue weighted by atomic mass is 10.1. The number of nitrogens with two attached hydrogens (primary N) is 1. The van der Waals surface area contributed by atoms with Crippen molar-refractivity contribution in [1.82, 2.24) is 0 Å². The fourth-order valence-corrected chi connectivity index (χ4v) is 2.24. The molecule has 0 saturated heterocycles. The molecular formula is C6H7ClFNO2S. The first-order chi connectivity index (χ1) is 5.34. The fourth-order valence-electron chi connectivity index (χ4n) is 0.901. The van der Waals surface area contributed by atoms with Crippen LogP contribution in [0.5, 0.6) is 0 Å². The van der Waals surface area contributed by atoms with Crippen molar-refractivity contribution in [3.05, 3.63) is 24.3 Å². The molecule has 0 aliphatic heterocycles. The Morgan fingerprint density at radius 1 is 1.50 bits per heavy atom. The van der Waals surface area contributed by atoms with Crippen LogP contribution in [0, 0.1) is 0 Å². The Balaban J connectivity index is 3.08. The minimum atomic E-state index is -3.98. The van der Waals surface area contributed by atoms with Crippen molar-refractivity contribution in [1.29, 1.82) is 0 Å². The topological polar surface area (TPSA) is 60.2 Å². The van der Waals surface area contributed by atoms with Crippen molar-refractivity contribution in [3.8, 4) is 0 Å². The monoisotopic (exact) mass is 211 g/mol. The molecule has 0 radical (unpaired) electrons. The van der Waals surface area contributed by atoms with E-state index in [1.54, 1.807) is 0 Å². The summed E-state index contributed by atoms with van der Waals surface area (Å²) in [4.78, 5) is 0. The summed E-state index contributed by atoms with van der Waals surface area (Å²) in [6.07, 6.45) is 4.77. The number of hydrogen-bond acceptors (Lipinski definition) is 2. The largest absolute Gasteiger partial charge is 0.228 e. The van der Waals surface area contributed by atoms with E-state index in [0.29, 0.717) is 0 Å². The summed E-state index contributed by atoms with van der Waals surface area (Å²) < 4.78 is 34.7. The molecular weight excluding hydrogens is 205 g/mol. The minimum absolute atomic E-state index is 0.948. The van der Waals surface area contributed by atoms with Crippen LogP contribution in [0.1, 0.15) is 0 Å². The van der Waals surface area contributed by atoms with Crippen molar-refractivity contribution in [3.63, 3.8) is 0 Å². The van der Waals surface area contributed by atoms with E-state index in [9.17, 15) is 12.8 Å². The fraction of sp³-hybridized carbons (Fsp3) is 0.333. The molecule has 1 rings (SSSR count). The summed E-state index contributed by atoms with van der Waals surface area (Å²) in [6, 6.07) is 0. The van der Waals surface area contributed by atoms with Gasteiger partial charge in [0.2, 0.25) is 15.2 Å². The lowest BCUT2D eigenvalue weighted by molar-refractivity contribution is 0.347. The van der Waals surface area contributed by atoms with Gasteiger partial charge in [-0.15, -0.1) is 0 Å². The van der Waals surface area contributed by atoms with Gasteiger partial charge in [-0.25, -0.2) is 17.9 Å². The molecule has 2 N–H and O–H groups in total. The highest BCUT2D eigenvalue weighted by Gasteiger charge is 2.41. The van der Waals surface area contributed by atoms with E-state index in [0.717, 1.165) is 12.2 Å². The van der Waals surface area contributed by atoms with Gasteiger partial charge in [-0.1, -0.05) is 29.8 Å². The second-order valence-electron chi connectivity index (χ2n) is 2.43. The molecule has 0 amide bonds. The average molecular weight is 212 g/mol. The zero-order chi connectivity index (χ0) is 9.41. The molecule has 2 unspecified atom stereocenters. The first kappa shape index (κ1) is 9.70. The molecule has 12 heavy (non-hydrogen) atoms. The Bertz CT molecular complexity index is 333. The maximum absolute atomic E-state index is 13.2. The van der Waals surface area contributed by atoms with Crippen LogP contribution >= 0.6 is 11.6 Å². The minimum Gasteiger partial charge on any atom is -0.228 e. The van der Waals surface area contributed by atoms with Crippen molar-refractivity contribution in [2.24, 2.45) is 5.14 Å². The second-order valence-corrected chi connectivity index (χ2v) is 4.69. The lowest BCUT2D eigenvalue weighted by Gasteiger charge is -2.22. The van der Waals surface area contributed by atoms with Gasteiger partial charge in [0.15, 0.2) is 0 Å². The molecule has 1 aliphatic rings. The van der Waals surface area contributed by atoms with E-state index < -0.39 is 20.4 Å². The summed E-state index contributed by atoms with van der Waals surface area (Å²) in [5.74, 6) is 0. The molecule has 6 heteroatoms. The first-order valence-electron chi connectivity index (χ1n) is 3.09. The summed E-state index contributed by atoms with van der Waals surface area (Å²) in [5, 5.41) is 0.817. The number of sulfonamides is 1.